The molecule has 0 aliphatic carbocycles. The summed E-state index contributed by atoms with van der Waals surface area (Å²) in [7, 11) is 1.49. The van der Waals surface area contributed by atoms with Gasteiger partial charge < -0.3 is 14.4 Å². The van der Waals surface area contributed by atoms with Gasteiger partial charge in [0.15, 0.2) is 6.10 Å². The highest BCUT2D eigenvalue weighted by molar-refractivity contribution is 5.90. The van der Waals surface area contributed by atoms with E-state index < -0.39 is 12.2 Å². The number of esters is 1. The maximum atomic E-state index is 11.8. The predicted molar refractivity (Wildman–Crippen MR) is 64.5 cm³/mol. The molecule has 2 heterocycles. The number of nitrogens with zero attached hydrogens (tertiary/aromatic N) is 1. The third kappa shape index (κ3) is 1.95. The minimum atomic E-state index is -0.538. The molecule has 0 unspecified atom stereocenters. The van der Waals surface area contributed by atoms with Crippen LogP contribution >= 0.6 is 0 Å². The molecule has 1 fully saturated rings. The van der Waals surface area contributed by atoms with E-state index in [0.29, 0.717) is 6.42 Å². The fourth-order valence-corrected chi connectivity index (χ4v) is 2.42. The van der Waals surface area contributed by atoms with Crippen molar-refractivity contribution in [1.82, 2.24) is 4.90 Å². The fourth-order valence-electron chi connectivity index (χ4n) is 2.42. The number of fused-ring (bicyclic) bond motifs is 1. The Labute approximate surface area is 106 Å². The summed E-state index contributed by atoms with van der Waals surface area (Å²) in [6.45, 7) is 7.20. The monoisotopic (exact) mass is 251 g/mol. The number of hydrogen-bond acceptors (Lipinski definition) is 4. The number of methoxy groups -OCH3 is 1. The number of carbonyl (C=O) groups is 2. The summed E-state index contributed by atoms with van der Waals surface area (Å²) in [6, 6.07) is -0.249. The SMILES string of the molecule is C=C1C[C@@H](OC(C)=O)[C@H]2[C@@H](OC)C(=O)N2C=C1C. The van der Waals surface area contributed by atoms with E-state index in [1.165, 1.54) is 14.0 Å². The molecular weight excluding hydrogens is 234 g/mol. The van der Waals surface area contributed by atoms with Crippen LogP contribution in [0.5, 0.6) is 0 Å². The second-order valence-corrected chi connectivity index (χ2v) is 4.66. The highest BCUT2D eigenvalue weighted by Crippen LogP contribution is 2.35. The number of carbonyl (C=O) groups excluding carboxylic acids is 2. The summed E-state index contributed by atoms with van der Waals surface area (Å²) in [5, 5.41) is 0. The topological polar surface area (TPSA) is 55.8 Å². The minimum absolute atomic E-state index is 0.103. The van der Waals surface area contributed by atoms with Crippen molar-refractivity contribution in [2.45, 2.75) is 38.5 Å². The van der Waals surface area contributed by atoms with Gasteiger partial charge >= 0.3 is 5.97 Å². The molecule has 1 saturated heterocycles. The Bertz CT molecular complexity index is 440. The van der Waals surface area contributed by atoms with Gasteiger partial charge in [0.25, 0.3) is 5.91 Å². The van der Waals surface area contributed by atoms with Crippen molar-refractivity contribution in [3.8, 4) is 0 Å². The van der Waals surface area contributed by atoms with Crippen LogP contribution < -0.4 is 0 Å². The molecule has 0 bridgehead atoms. The smallest absolute Gasteiger partial charge is 0.302 e. The maximum Gasteiger partial charge on any atom is 0.302 e. The van der Waals surface area contributed by atoms with Crippen molar-refractivity contribution < 1.29 is 19.1 Å². The van der Waals surface area contributed by atoms with Crippen LogP contribution in [0.1, 0.15) is 20.3 Å². The minimum Gasteiger partial charge on any atom is -0.460 e. The summed E-state index contributed by atoms with van der Waals surface area (Å²) in [4.78, 5) is 24.6. The molecule has 0 spiro atoms. The van der Waals surface area contributed by atoms with E-state index in [2.05, 4.69) is 6.58 Å². The lowest BCUT2D eigenvalue weighted by Crippen LogP contribution is -2.67. The molecule has 98 valence electrons. The van der Waals surface area contributed by atoms with Gasteiger partial charge in [-0.3, -0.25) is 9.59 Å². The van der Waals surface area contributed by atoms with Gasteiger partial charge in [0.1, 0.15) is 12.1 Å². The van der Waals surface area contributed by atoms with Gasteiger partial charge in [-0.15, -0.1) is 0 Å². The highest BCUT2D eigenvalue weighted by Gasteiger charge is 2.53. The Kier molecular flexibility index (Phi) is 3.26. The Balaban J connectivity index is 2.29. The zero-order chi connectivity index (χ0) is 13.4. The second kappa shape index (κ2) is 4.57. The number of amides is 1. The van der Waals surface area contributed by atoms with Crippen LogP contribution in [-0.2, 0) is 19.1 Å². The molecule has 0 aromatic carbocycles. The van der Waals surface area contributed by atoms with Gasteiger partial charge in [0.05, 0.1) is 0 Å². The van der Waals surface area contributed by atoms with Crippen LogP contribution in [0.2, 0.25) is 0 Å². The van der Waals surface area contributed by atoms with Crippen LogP contribution in [-0.4, -0.2) is 42.1 Å². The molecule has 2 rings (SSSR count). The van der Waals surface area contributed by atoms with Gasteiger partial charge in [0.2, 0.25) is 0 Å². The molecule has 18 heavy (non-hydrogen) atoms. The lowest BCUT2D eigenvalue weighted by atomic mass is 9.91. The average molecular weight is 251 g/mol. The summed E-state index contributed by atoms with van der Waals surface area (Å²) >= 11 is 0. The predicted octanol–water partition coefficient (Wildman–Crippen LogP) is 1.01. The Morgan fingerprint density at radius 1 is 1.56 bits per heavy atom. The van der Waals surface area contributed by atoms with Crippen molar-refractivity contribution in [1.29, 1.82) is 0 Å². The molecular formula is C13H17NO4. The van der Waals surface area contributed by atoms with Crippen molar-refractivity contribution in [3.05, 3.63) is 23.9 Å². The van der Waals surface area contributed by atoms with E-state index in [1.807, 2.05) is 6.92 Å². The second-order valence-electron chi connectivity index (χ2n) is 4.66. The number of ether oxygens (including phenoxy) is 2. The Hall–Kier alpha value is -1.62. The first-order valence-electron chi connectivity index (χ1n) is 5.84. The normalized spacial score (nSPS) is 31.2. The molecule has 5 heteroatoms. The molecule has 0 radical (unpaired) electrons. The first kappa shape index (κ1) is 12.8. The molecule has 5 nitrogen and oxygen atoms in total. The lowest BCUT2D eigenvalue weighted by molar-refractivity contribution is -0.181. The Morgan fingerprint density at radius 2 is 2.22 bits per heavy atom. The summed E-state index contributed by atoms with van der Waals surface area (Å²) in [5.74, 6) is -0.463. The third-order valence-corrected chi connectivity index (χ3v) is 3.42. The van der Waals surface area contributed by atoms with Crippen LogP contribution in [0, 0.1) is 0 Å². The van der Waals surface area contributed by atoms with Crippen LogP contribution in [0.15, 0.2) is 23.9 Å². The number of β-lactam (4-membered cyclic amide) rings is 1. The number of allylic oxidation sites excluding steroid dienone is 1. The van der Waals surface area contributed by atoms with Crippen molar-refractivity contribution in [3.63, 3.8) is 0 Å². The number of rotatable bonds is 2. The van der Waals surface area contributed by atoms with Crippen LogP contribution in [0.25, 0.3) is 0 Å². The van der Waals surface area contributed by atoms with E-state index in [4.69, 9.17) is 9.47 Å². The molecule has 2 aliphatic rings. The Morgan fingerprint density at radius 3 is 2.78 bits per heavy atom. The molecule has 0 aromatic heterocycles. The standard InChI is InChI=1S/C13H17NO4/c1-7-5-10(18-9(3)15)11-12(17-4)13(16)14(11)6-8(7)2/h6,10-12H,1,5H2,2-4H3/t10-,11+,12-/m1/s1. The zero-order valence-corrected chi connectivity index (χ0v) is 10.8. The van der Waals surface area contributed by atoms with Gasteiger partial charge in [-0.25, -0.2) is 0 Å². The summed E-state index contributed by atoms with van der Waals surface area (Å²) < 4.78 is 10.5. The fraction of sp³-hybridized carbons (Fsp3) is 0.538. The zero-order valence-electron chi connectivity index (χ0n) is 10.8. The van der Waals surface area contributed by atoms with E-state index in [1.54, 1.807) is 11.1 Å². The van der Waals surface area contributed by atoms with E-state index in [9.17, 15) is 9.59 Å². The molecule has 0 aromatic rings. The van der Waals surface area contributed by atoms with Crippen molar-refractivity contribution in [2.75, 3.05) is 7.11 Å². The summed E-state index contributed by atoms with van der Waals surface area (Å²) in [6.07, 6.45) is 1.35. The van der Waals surface area contributed by atoms with Crippen molar-refractivity contribution in [2.24, 2.45) is 0 Å². The van der Waals surface area contributed by atoms with E-state index in [0.717, 1.165) is 11.1 Å². The third-order valence-electron chi connectivity index (χ3n) is 3.42. The highest BCUT2D eigenvalue weighted by atomic mass is 16.5. The van der Waals surface area contributed by atoms with E-state index in [-0.39, 0.29) is 17.9 Å². The first-order chi connectivity index (χ1) is 8.45. The lowest BCUT2D eigenvalue weighted by Gasteiger charge is -2.46. The van der Waals surface area contributed by atoms with Crippen LogP contribution in [0.3, 0.4) is 0 Å². The molecule has 1 amide bonds. The van der Waals surface area contributed by atoms with Gasteiger partial charge in [-0.2, -0.15) is 0 Å². The molecule has 3 atom stereocenters. The van der Waals surface area contributed by atoms with Crippen LogP contribution in [0.4, 0.5) is 0 Å². The van der Waals surface area contributed by atoms with Gasteiger partial charge in [-0.1, -0.05) is 6.58 Å². The average Bonchev–Trinajstić information content (AvgIpc) is 2.38. The van der Waals surface area contributed by atoms with Crippen molar-refractivity contribution >= 4 is 11.9 Å². The molecule has 2 aliphatic heterocycles. The molecule has 0 saturated carbocycles. The maximum absolute atomic E-state index is 11.8. The first-order valence-corrected chi connectivity index (χ1v) is 5.84. The quantitative estimate of drug-likeness (QED) is 0.543. The summed E-state index contributed by atoms with van der Waals surface area (Å²) in [5.41, 5.74) is 1.80. The van der Waals surface area contributed by atoms with Gasteiger partial charge in [-0.05, 0) is 18.1 Å². The largest absolute Gasteiger partial charge is 0.460 e. The number of hydrogen-bond donors (Lipinski definition) is 0. The molecule has 0 N–H and O–H groups in total. The van der Waals surface area contributed by atoms with E-state index >= 15 is 0 Å². The van der Waals surface area contributed by atoms with Gasteiger partial charge in [0, 0.05) is 26.7 Å².